The van der Waals surface area contributed by atoms with E-state index < -0.39 is 0 Å². The van der Waals surface area contributed by atoms with Gasteiger partial charge in [-0.3, -0.25) is 4.79 Å². The fraction of sp³-hybridized carbons (Fsp3) is 0.481. The van der Waals surface area contributed by atoms with Gasteiger partial charge < -0.3 is 5.32 Å². The van der Waals surface area contributed by atoms with E-state index in [1.807, 2.05) is 18.2 Å². The van der Waals surface area contributed by atoms with Gasteiger partial charge in [-0.25, -0.2) is 0 Å². The summed E-state index contributed by atoms with van der Waals surface area (Å²) in [6.45, 7) is 13.9. The fourth-order valence-corrected chi connectivity index (χ4v) is 3.55. The molecule has 1 unspecified atom stereocenters. The highest BCUT2D eigenvalue weighted by molar-refractivity contribution is 5.97. The summed E-state index contributed by atoms with van der Waals surface area (Å²) >= 11 is 0. The van der Waals surface area contributed by atoms with E-state index in [4.69, 9.17) is 0 Å². The lowest BCUT2D eigenvalue weighted by Crippen LogP contribution is -2.27. The first-order valence-corrected chi connectivity index (χ1v) is 10.9. The number of carbonyl (C=O) groups excluding carboxylic acids is 1. The number of hydrogen-bond donors (Lipinski definition) is 1. The van der Waals surface area contributed by atoms with Gasteiger partial charge in [0, 0.05) is 6.54 Å². The second kappa shape index (κ2) is 9.94. The second-order valence-electron chi connectivity index (χ2n) is 10.3. The molecule has 3 nitrogen and oxygen atoms in total. The maximum absolute atomic E-state index is 12.6. The van der Waals surface area contributed by atoms with Gasteiger partial charge >= 0.3 is 0 Å². The molecular formula is C27H36N2O. The zero-order valence-corrected chi connectivity index (χ0v) is 19.4. The predicted molar refractivity (Wildman–Crippen MR) is 125 cm³/mol. The normalized spacial score (nSPS) is 17.6. The molecule has 1 amide bonds. The maximum atomic E-state index is 12.6. The van der Waals surface area contributed by atoms with E-state index in [1.54, 1.807) is 6.08 Å². The van der Waals surface area contributed by atoms with Crippen LogP contribution < -0.4 is 5.32 Å². The zero-order valence-electron chi connectivity index (χ0n) is 19.4. The Labute approximate surface area is 182 Å². The number of hydrogen-bond acceptors (Lipinski definition) is 2. The maximum Gasteiger partial charge on any atom is 0.261 e. The standard InChI is InChI=1S/C27H36N2O/c1-26(2,3)23-16-21(17-24(18-23)27(4,5)6)15-22(19-28)25(30)29-14-10-13-20-11-8-7-9-12-20/h7-9,11-12,15-17,23H,10,13-14,18H2,1-6H3,(H,29,30)/b22-15+. The van der Waals surface area contributed by atoms with E-state index in [0.717, 1.165) is 24.8 Å². The smallest absolute Gasteiger partial charge is 0.261 e. The highest BCUT2D eigenvalue weighted by atomic mass is 16.1. The molecule has 1 aromatic rings. The summed E-state index contributed by atoms with van der Waals surface area (Å²) in [4.78, 5) is 12.6. The Morgan fingerprint density at radius 2 is 1.83 bits per heavy atom. The van der Waals surface area contributed by atoms with E-state index in [-0.39, 0.29) is 22.3 Å². The Bertz CT molecular complexity index is 868. The third kappa shape index (κ3) is 7.02. The van der Waals surface area contributed by atoms with Crippen molar-refractivity contribution in [2.45, 2.75) is 60.8 Å². The Balaban J connectivity index is 2.09. The molecule has 0 aromatic heterocycles. The Morgan fingerprint density at radius 3 is 2.40 bits per heavy atom. The molecule has 30 heavy (non-hydrogen) atoms. The van der Waals surface area contributed by atoms with E-state index in [0.29, 0.717) is 12.5 Å². The first-order chi connectivity index (χ1) is 14.0. The molecule has 1 aromatic carbocycles. The van der Waals surface area contributed by atoms with Gasteiger partial charge in [0.1, 0.15) is 11.6 Å². The van der Waals surface area contributed by atoms with E-state index >= 15 is 0 Å². The molecule has 0 fully saturated rings. The minimum atomic E-state index is -0.296. The van der Waals surface area contributed by atoms with Crippen LogP contribution in [0.4, 0.5) is 0 Å². The first kappa shape index (κ1) is 23.7. The molecule has 1 aliphatic carbocycles. The quantitative estimate of drug-likeness (QED) is 0.351. The summed E-state index contributed by atoms with van der Waals surface area (Å²) in [5.74, 6) is 0.0758. The number of benzene rings is 1. The molecule has 1 N–H and O–H groups in total. The summed E-state index contributed by atoms with van der Waals surface area (Å²) in [5, 5.41) is 12.5. The number of nitrogens with one attached hydrogen (secondary N) is 1. The first-order valence-electron chi connectivity index (χ1n) is 10.9. The van der Waals surface area contributed by atoms with E-state index in [2.05, 4.69) is 77.2 Å². The minimum absolute atomic E-state index is 0.0589. The van der Waals surface area contributed by atoms with Crippen molar-refractivity contribution in [1.29, 1.82) is 5.26 Å². The third-order valence-electron chi connectivity index (χ3n) is 5.70. The van der Waals surface area contributed by atoms with Crippen molar-refractivity contribution in [1.82, 2.24) is 5.32 Å². The van der Waals surface area contributed by atoms with E-state index in [9.17, 15) is 10.1 Å². The molecule has 2 rings (SSSR count). The predicted octanol–water partition coefficient (Wildman–Crippen LogP) is 6.15. The SMILES string of the molecule is CC(C)(C)C1=CC(/C=C(\C#N)C(=O)NCCCc2ccccc2)=CC(C(C)(C)C)C1. The monoisotopic (exact) mass is 404 g/mol. The second-order valence-corrected chi connectivity index (χ2v) is 10.3. The molecule has 160 valence electrons. The molecule has 0 aliphatic heterocycles. The molecule has 0 radical (unpaired) electrons. The van der Waals surface area contributed by atoms with Crippen molar-refractivity contribution < 1.29 is 4.79 Å². The molecule has 0 bridgehead atoms. The summed E-state index contributed by atoms with van der Waals surface area (Å²) in [5.41, 5.74) is 3.92. The van der Waals surface area contributed by atoms with Crippen LogP contribution in [0.15, 0.2) is 65.3 Å². The van der Waals surface area contributed by atoms with Crippen LogP contribution in [0, 0.1) is 28.1 Å². The number of nitriles is 1. The van der Waals surface area contributed by atoms with E-state index in [1.165, 1.54) is 11.1 Å². The van der Waals surface area contributed by atoms with Gasteiger partial charge in [-0.2, -0.15) is 5.26 Å². The largest absolute Gasteiger partial charge is 0.351 e. The van der Waals surface area contributed by atoms with Gasteiger partial charge in [-0.05, 0) is 53.2 Å². The number of aryl methyl sites for hydroxylation is 1. The molecule has 0 heterocycles. The van der Waals surface area contributed by atoms with Gasteiger partial charge in [-0.1, -0.05) is 89.6 Å². The third-order valence-corrected chi connectivity index (χ3v) is 5.70. The lowest BCUT2D eigenvalue weighted by Gasteiger charge is -2.36. The van der Waals surface area contributed by atoms with Crippen molar-refractivity contribution in [3.63, 3.8) is 0 Å². The number of nitrogens with zero attached hydrogens (tertiary/aromatic N) is 1. The van der Waals surface area contributed by atoms with Crippen molar-refractivity contribution >= 4 is 5.91 Å². The molecule has 0 saturated carbocycles. The van der Waals surface area contributed by atoms with Crippen molar-refractivity contribution in [3.05, 3.63) is 70.8 Å². The number of amides is 1. The topological polar surface area (TPSA) is 52.9 Å². The highest BCUT2D eigenvalue weighted by Crippen LogP contribution is 2.42. The van der Waals surface area contributed by atoms with Crippen LogP contribution >= 0.6 is 0 Å². The molecule has 0 spiro atoms. The van der Waals surface area contributed by atoms with Crippen LogP contribution in [0.1, 0.15) is 59.9 Å². The van der Waals surface area contributed by atoms with Crippen LogP contribution in [0.5, 0.6) is 0 Å². The Morgan fingerprint density at radius 1 is 1.17 bits per heavy atom. The zero-order chi connectivity index (χ0) is 22.4. The summed E-state index contributed by atoms with van der Waals surface area (Å²) < 4.78 is 0. The lowest BCUT2D eigenvalue weighted by molar-refractivity contribution is -0.117. The van der Waals surface area contributed by atoms with Crippen LogP contribution in [-0.4, -0.2) is 12.5 Å². The average molecular weight is 405 g/mol. The average Bonchev–Trinajstić information content (AvgIpc) is 2.68. The summed E-state index contributed by atoms with van der Waals surface area (Å²) in [6, 6.07) is 12.3. The Hall–Kier alpha value is -2.60. The fourth-order valence-electron chi connectivity index (χ4n) is 3.55. The highest BCUT2D eigenvalue weighted by Gasteiger charge is 2.30. The van der Waals surface area contributed by atoms with Gasteiger partial charge in [0.15, 0.2) is 0 Å². The van der Waals surface area contributed by atoms with Crippen molar-refractivity contribution in [3.8, 4) is 6.07 Å². The molecular weight excluding hydrogens is 368 g/mol. The molecule has 3 heteroatoms. The number of rotatable bonds is 6. The van der Waals surface area contributed by atoms with Crippen LogP contribution in [0.3, 0.4) is 0 Å². The van der Waals surface area contributed by atoms with Crippen LogP contribution in [0.25, 0.3) is 0 Å². The van der Waals surface area contributed by atoms with Crippen LogP contribution in [-0.2, 0) is 11.2 Å². The lowest BCUT2D eigenvalue weighted by atomic mass is 9.69. The number of allylic oxidation sites excluding steroid dienone is 5. The van der Waals surface area contributed by atoms with Crippen LogP contribution in [0.2, 0.25) is 0 Å². The minimum Gasteiger partial charge on any atom is -0.351 e. The van der Waals surface area contributed by atoms with Gasteiger partial charge in [-0.15, -0.1) is 0 Å². The van der Waals surface area contributed by atoms with Crippen molar-refractivity contribution in [2.75, 3.05) is 6.54 Å². The summed E-state index contributed by atoms with van der Waals surface area (Å²) in [6.07, 6.45) is 8.88. The van der Waals surface area contributed by atoms with Gasteiger partial charge in [0.05, 0.1) is 0 Å². The molecule has 1 atom stereocenters. The van der Waals surface area contributed by atoms with Gasteiger partial charge in [0.2, 0.25) is 0 Å². The molecule has 1 aliphatic rings. The Kier molecular flexibility index (Phi) is 7.84. The van der Waals surface area contributed by atoms with Gasteiger partial charge in [0.25, 0.3) is 5.91 Å². The number of carbonyl (C=O) groups is 1. The van der Waals surface area contributed by atoms with Crippen molar-refractivity contribution in [2.24, 2.45) is 16.7 Å². The summed E-state index contributed by atoms with van der Waals surface area (Å²) in [7, 11) is 0. The molecule has 0 saturated heterocycles.